The van der Waals surface area contributed by atoms with Gasteiger partial charge in [-0.25, -0.2) is 25.4 Å². The van der Waals surface area contributed by atoms with E-state index in [1.807, 2.05) is 74.5 Å². The van der Waals surface area contributed by atoms with Gasteiger partial charge in [-0.2, -0.15) is 0 Å². The second-order valence-corrected chi connectivity index (χ2v) is 13.7. The summed E-state index contributed by atoms with van der Waals surface area (Å²) in [6.07, 6.45) is 0. The topological polar surface area (TPSA) is 87.9 Å². The zero-order chi connectivity index (χ0) is 29.4. The lowest BCUT2D eigenvalue weighted by atomic mass is 9.97. The molecule has 9 heteroatoms. The number of anilines is 2. The molecule has 0 aliphatic rings. The first-order valence-corrected chi connectivity index (χ1v) is 15.8. The first-order chi connectivity index (χ1) is 19.5. The highest BCUT2D eigenvalue weighted by molar-refractivity contribution is 7.93. The SMILES string of the molecule is Cc1ccc(S(=O)(=O)N(C)c2oc(N(C)S(=O)(=O)c3ccc(C)cc3)c(-c3ccccc3)c2-c2ccccc2)cc1. The lowest BCUT2D eigenvalue weighted by Crippen LogP contribution is -2.27. The molecule has 7 nitrogen and oxygen atoms in total. The summed E-state index contributed by atoms with van der Waals surface area (Å²) in [5.41, 5.74) is 4.09. The van der Waals surface area contributed by atoms with Crippen LogP contribution in [-0.4, -0.2) is 30.9 Å². The van der Waals surface area contributed by atoms with E-state index in [1.54, 1.807) is 48.5 Å². The highest BCUT2D eigenvalue weighted by atomic mass is 32.2. The molecule has 0 aliphatic heterocycles. The normalized spacial score (nSPS) is 11.8. The van der Waals surface area contributed by atoms with E-state index in [2.05, 4.69) is 0 Å². The summed E-state index contributed by atoms with van der Waals surface area (Å²) in [5.74, 6) is -0.00633. The molecule has 1 heterocycles. The maximum Gasteiger partial charge on any atom is 0.266 e. The third-order valence-corrected chi connectivity index (χ3v) is 10.4. The van der Waals surface area contributed by atoms with Gasteiger partial charge in [0.25, 0.3) is 20.0 Å². The molecule has 0 N–H and O–H groups in total. The Morgan fingerprint density at radius 2 is 0.805 bits per heavy atom. The van der Waals surface area contributed by atoms with E-state index in [1.165, 1.54) is 14.1 Å². The minimum Gasteiger partial charge on any atom is -0.422 e. The van der Waals surface area contributed by atoms with Crippen molar-refractivity contribution >= 4 is 31.8 Å². The zero-order valence-electron chi connectivity index (χ0n) is 23.1. The number of furan rings is 1. The second kappa shape index (κ2) is 10.9. The van der Waals surface area contributed by atoms with E-state index in [-0.39, 0.29) is 21.6 Å². The third-order valence-electron chi connectivity index (χ3n) is 6.93. The predicted octanol–water partition coefficient (Wildman–Crippen LogP) is 6.88. The van der Waals surface area contributed by atoms with Gasteiger partial charge in [-0.3, -0.25) is 0 Å². The summed E-state index contributed by atoms with van der Waals surface area (Å²) in [6.45, 7) is 3.76. The molecule has 0 fully saturated rings. The lowest BCUT2D eigenvalue weighted by Gasteiger charge is -2.19. The third kappa shape index (κ3) is 5.26. The number of benzene rings is 4. The molecule has 0 aliphatic carbocycles. The van der Waals surface area contributed by atoms with E-state index >= 15 is 0 Å². The average Bonchev–Trinajstić information content (AvgIpc) is 3.38. The van der Waals surface area contributed by atoms with Gasteiger partial charge in [-0.15, -0.1) is 0 Å². The summed E-state index contributed by atoms with van der Waals surface area (Å²) in [4.78, 5) is 0.175. The fraction of sp³-hybridized carbons (Fsp3) is 0.125. The largest absolute Gasteiger partial charge is 0.422 e. The van der Waals surface area contributed by atoms with Crippen LogP contribution in [0.15, 0.2) is 123 Å². The fourth-order valence-corrected chi connectivity index (χ4v) is 6.84. The maximum absolute atomic E-state index is 13.8. The Morgan fingerprint density at radius 1 is 0.488 bits per heavy atom. The van der Waals surface area contributed by atoms with Gasteiger partial charge >= 0.3 is 0 Å². The number of hydrogen-bond donors (Lipinski definition) is 0. The molecule has 0 amide bonds. The average molecular weight is 587 g/mol. The van der Waals surface area contributed by atoms with Gasteiger partial charge in [-0.05, 0) is 49.2 Å². The molecule has 0 bridgehead atoms. The van der Waals surface area contributed by atoms with Crippen LogP contribution >= 0.6 is 0 Å². The van der Waals surface area contributed by atoms with Crippen LogP contribution in [0.1, 0.15) is 11.1 Å². The van der Waals surface area contributed by atoms with Crippen LogP contribution < -0.4 is 8.61 Å². The molecule has 210 valence electrons. The van der Waals surface area contributed by atoms with Crippen molar-refractivity contribution in [3.05, 3.63) is 120 Å². The monoisotopic (exact) mass is 586 g/mol. The zero-order valence-corrected chi connectivity index (χ0v) is 24.8. The molecule has 41 heavy (non-hydrogen) atoms. The molecule has 1 aromatic heterocycles. The van der Waals surface area contributed by atoms with Crippen LogP contribution in [-0.2, 0) is 20.0 Å². The van der Waals surface area contributed by atoms with E-state index in [9.17, 15) is 16.8 Å². The number of nitrogens with zero attached hydrogens (tertiary/aromatic N) is 2. The highest BCUT2D eigenvalue weighted by Gasteiger charge is 2.35. The molecule has 5 aromatic rings. The first-order valence-electron chi connectivity index (χ1n) is 12.9. The van der Waals surface area contributed by atoms with Crippen molar-refractivity contribution in [1.29, 1.82) is 0 Å². The number of aryl methyl sites for hydroxylation is 2. The molecule has 0 saturated carbocycles. The summed E-state index contributed by atoms with van der Waals surface area (Å²) in [5, 5.41) is 0. The Morgan fingerprint density at radius 3 is 1.12 bits per heavy atom. The molecule has 0 atom stereocenters. The van der Waals surface area contributed by atoms with Crippen molar-refractivity contribution in [2.24, 2.45) is 0 Å². The predicted molar refractivity (Wildman–Crippen MR) is 163 cm³/mol. The Balaban J connectivity index is 1.80. The van der Waals surface area contributed by atoms with Crippen LogP contribution in [0.3, 0.4) is 0 Å². The van der Waals surface area contributed by atoms with Crippen molar-refractivity contribution < 1.29 is 21.3 Å². The number of hydrogen-bond acceptors (Lipinski definition) is 5. The van der Waals surface area contributed by atoms with Gasteiger partial charge in [0.15, 0.2) is 0 Å². The minimum atomic E-state index is -4.07. The molecule has 0 saturated heterocycles. The quantitative estimate of drug-likeness (QED) is 0.198. The van der Waals surface area contributed by atoms with Gasteiger partial charge < -0.3 is 4.42 Å². The van der Waals surface area contributed by atoms with Crippen molar-refractivity contribution in [2.75, 3.05) is 22.7 Å². The molecule has 4 aromatic carbocycles. The summed E-state index contributed by atoms with van der Waals surface area (Å²) < 4.78 is 63.8. The molecule has 0 spiro atoms. The van der Waals surface area contributed by atoms with E-state index in [0.717, 1.165) is 19.7 Å². The van der Waals surface area contributed by atoms with Gasteiger partial charge in [0, 0.05) is 14.1 Å². The summed E-state index contributed by atoms with van der Waals surface area (Å²) in [6, 6.07) is 31.5. The minimum absolute atomic E-state index is 0.00316. The van der Waals surface area contributed by atoms with E-state index in [0.29, 0.717) is 22.3 Å². The fourth-order valence-electron chi connectivity index (χ4n) is 4.55. The molecule has 0 radical (unpaired) electrons. The molecule has 5 rings (SSSR count). The van der Waals surface area contributed by atoms with Gasteiger partial charge in [0.2, 0.25) is 11.8 Å². The van der Waals surface area contributed by atoms with E-state index < -0.39 is 20.0 Å². The Labute approximate surface area is 241 Å². The maximum atomic E-state index is 13.8. The lowest BCUT2D eigenvalue weighted by molar-refractivity contribution is 0.555. The van der Waals surface area contributed by atoms with Crippen molar-refractivity contribution in [3.8, 4) is 22.3 Å². The Kier molecular flexibility index (Phi) is 7.50. The number of sulfonamides is 2. The van der Waals surface area contributed by atoms with Crippen LogP contribution in [0.2, 0.25) is 0 Å². The van der Waals surface area contributed by atoms with Crippen LogP contribution in [0.4, 0.5) is 11.8 Å². The van der Waals surface area contributed by atoms with E-state index in [4.69, 9.17) is 4.42 Å². The van der Waals surface area contributed by atoms with Crippen molar-refractivity contribution in [3.63, 3.8) is 0 Å². The van der Waals surface area contributed by atoms with Gasteiger partial charge in [0.1, 0.15) is 0 Å². The molecule has 0 unspecified atom stereocenters. The Bertz CT molecular complexity index is 1740. The van der Waals surface area contributed by atoms with Crippen molar-refractivity contribution in [1.82, 2.24) is 0 Å². The highest BCUT2D eigenvalue weighted by Crippen LogP contribution is 2.49. The molecular formula is C32H30N2O5S2. The van der Waals surface area contributed by atoms with Crippen molar-refractivity contribution in [2.45, 2.75) is 23.6 Å². The standard InChI is InChI=1S/C32H30N2O5S2/c1-23-15-19-27(20-16-23)40(35,36)33(3)31-29(25-11-7-5-8-12-25)30(26-13-9-6-10-14-26)32(39-31)34(4)41(37,38)28-21-17-24(2)18-22-28/h5-22H,1-4H3. The Hall–Kier alpha value is -4.34. The van der Waals surface area contributed by atoms with Crippen LogP contribution in [0.25, 0.3) is 22.3 Å². The summed E-state index contributed by atoms with van der Waals surface area (Å²) in [7, 11) is -5.32. The summed E-state index contributed by atoms with van der Waals surface area (Å²) >= 11 is 0. The van der Waals surface area contributed by atoms with Crippen LogP contribution in [0, 0.1) is 13.8 Å². The smallest absolute Gasteiger partial charge is 0.266 e. The van der Waals surface area contributed by atoms with Gasteiger partial charge in [-0.1, -0.05) is 96.1 Å². The van der Waals surface area contributed by atoms with Gasteiger partial charge in [0.05, 0.1) is 20.9 Å². The first kappa shape index (κ1) is 28.2. The van der Waals surface area contributed by atoms with Crippen LogP contribution in [0.5, 0.6) is 0 Å². The second-order valence-electron chi connectivity index (χ2n) is 9.77. The number of rotatable bonds is 8. The molecular weight excluding hydrogens is 556 g/mol.